The summed E-state index contributed by atoms with van der Waals surface area (Å²) in [6.07, 6.45) is 4.99. The highest BCUT2D eigenvalue weighted by atomic mass is 35.5. The van der Waals surface area contributed by atoms with E-state index in [1.54, 1.807) is 18.6 Å². The number of aromatic nitrogens is 3. The summed E-state index contributed by atoms with van der Waals surface area (Å²) in [6.45, 7) is 0. The molecular formula is C12H9ClN4. The first kappa shape index (κ1) is 10.1. The maximum absolute atomic E-state index is 6.09. The Kier molecular flexibility index (Phi) is 2.42. The molecule has 0 aliphatic carbocycles. The third kappa shape index (κ3) is 1.83. The van der Waals surface area contributed by atoms with Gasteiger partial charge in [0.15, 0.2) is 5.65 Å². The van der Waals surface area contributed by atoms with Gasteiger partial charge in [-0.3, -0.25) is 9.38 Å². The molecule has 0 aliphatic rings. The number of hydrogen-bond acceptors (Lipinski definition) is 3. The first-order valence-electron chi connectivity index (χ1n) is 5.13. The van der Waals surface area contributed by atoms with Crippen molar-refractivity contribution in [3.8, 4) is 0 Å². The Morgan fingerprint density at radius 1 is 1.06 bits per heavy atom. The van der Waals surface area contributed by atoms with Gasteiger partial charge in [-0.05, 0) is 12.1 Å². The zero-order chi connectivity index (χ0) is 11.7. The van der Waals surface area contributed by atoms with Crippen LogP contribution in [-0.4, -0.2) is 14.4 Å². The minimum atomic E-state index is 0.526. The molecule has 17 heavy (non-hydrogen) atoms. The molecule has 2 aromatic heterocycles. The molecule has 2 heterocycles. The van der Waals surface area contributed by atoms with Crippen LogP contribution in [0.5, 0.6) is 0 Å². The second-order valence-electron chi connectivity index (χ2n) is 3.56. The molecule has 5 heteroatoms. The minimum absolute atomic E-state index is 0.526. The van der Waals surface area contributed by atoms with Gasteiger partial charge in [0.25, 0.3) is 0 Å². The summed E-state index contributed by atoms with van der Waals surface area (Å²) in [5, 5.41) is 3.78. The Labute approximate surface area is 103 Å². The normalized spacial score (nSPS) is 10.6. The number of benzene rings is 1. The zero-order valence-electron chi connectivity index (χ0n) is 8.84. The summed E-state index contributed by atoms with van der Waals surface area (Å²) < 4.78 is 1.81. The van der Waals surface area contributed by atoms with E-state index in [4.69, 9.17) is 11.6 Å². The summed E-state index contributed by atoms with van der Waals surface area (Å²) in [5.41, 5.74) is 1.71. The Balaban J connectivity index is 2.07. The van der Waals surface area contributed by atoms with Crippen molar-refractivity contribution in [3.63, 3.8) is 0 Å². The molecular weight excluding hydrogens is 236 g/mol. The van der Waals surface area contributed by atoms with Crippen LogP contribution >= 0.6 is 11.6 Å². The van der Waals surface area contributed by atoms with E-state index in [1.165, 1.54) is 0 Å². The summed E-state index contributed by atoms with van der Waals surface area (Å²) in [5.74, 6) is 0.818. The number of rotatable bonds is 2. The molecule has 1 N–H and O–H groups in total. The number of nitrogens with zero attached hydrogens (tertiary/aromatic N) is 3. The first-order valence-corrected chi connectivity index (χ1v) is 5.51. The fourth-order valence-electron chi connectivity index (χ4n) is 1.66. The lowest BCUT2D eigenvalue weighted by Crippen LogP contribution is -1.96. The van der Waals surface area contributed by atoms with E-state index in [0.29, 0.717) is 5.15 Å². The maximum Gasteiger partial charge on any atom is 0.158 e. The summed E-state index contributed by atoms with van der Waals surface area (Å²) in [7, 11) is 0. The van der Waals surface area contributed by atoms with E-state index >= 15 is 0 Å². The lowest BCUT2D eigenvalue weighted by Gasteiger charge is -2.06. The molecule has 3 rings (SSSR count). The molecule has 0 radical (unpaired) electrons. The molecule has 0 fully saturated rings. The Bertz CT molecular complexity index is 648. The molecule has 0 unspecified atom stereocenters. The van der Waals surface area contributed by atoms with Crippen LogP contribution in [0.1, 0.15) is 0 Å². The Morgan fingerprint density at radius 3 is 2.71 bits per heavy atom. The van der Waals surface area contributed by atoms with Gasteiger partial charge >= 0.3 is 0 Å². The van der Waals surface area contributed by atoms with E-state index in [0.717, 1.165) is 17.2 Å². The number of hydrogen-bond donors (Lipinski definition) is 1. The van der Waals surface area contributed by atoms with Crippen molar-refractivity contribution in [2.24, 2.45) is 0 Å². The maximum atomic E-state index is 6.09. The summed E-state index contributed by atoms with van der Waals surface area (Å²) in [4.78, 5) is 8.22. The topological polar surface area (TPSA) is 42.2 Å². The fourth-order valence-corrected chi connectivity index (χ4v) is 1.90. The monoisotopic (exact) mass is 244 g/mol. The standard InChI is InChI=1S/C12H9ClN4/c13-10-6-14-7-11-15-8-12(17(10)11)16-9-4-2-1-3-5-9/h1-8,16H. The highest BCUT2D eigenvalue weighted by Crippen LogP contribution is 2.21. The van der Waals surface area contributed by atoms with E-state index < -0.39 is 0 Å². The largest absolute Gasteiger partial charge is 0.340 e. The van der Waals surface area contributed by atoms with Crippen molar-refractivity contribution in [2.75, 3.05) is 5.32 Å². The summed E-state index contributed by atoms with van der Waals surface area (Å²) in [6, 6.07) is 9.86. The lowest BCUT2D eigenvalue weighted by atomic mass is 10.3. The van der Waals surface area contributed by atoms with Crippen molar-refractivity contribution in [1.82, 2.24) is 14.4 Å². The van der Waals surface area contributed by atoms with Gasteiger partial charge in [0.2, 0.25) is 0 Å². The van der Waals surface area contributed by atoms with Gasteiger partial charge in [-0.2, -0.15) is 0 Å². The van der Waals surface area contributed by atoms with Crippen LogP contribution in [0.25, 0.3) is 5.65 Å². The number of halogens is 1. The van der Waals surface area contributed by atoms with Crippen molar-refractivity contribution >= 4 is 28.8 Å². The number of anilines is 2. The predicted molar refractivity (Wildman–Crippen MR) is 67.7 cm³/mol. The summed E-state index contributed by atoms with van der Waals surface area (Å²) >= 11 is 6.09. The molecule has 0 amide bonds. The van der Waals surface area contributed by atoms with Gasteiger partial charge in [-0.15, -0.1) is 0 Å². The molecule has 84 valence electrons. The molecule has 4 nitrogen and oxygen atoms in total. The fraction of sp³-hybridized carbons (Fsp3) is 0. The number of nitrogens with one attached hydrogen (secondary N) is 1. The molecule has 0 bridgehead atoms. The molecule has 0 saturated heterocycles. The lowest BCUT2D eigenvalue weighted by molar-refractivity contribution is 1.13. The van der Waals surface area contributed by atoms with Crippen LogP contribution < -0.4 is 5.32 Å². The Hall–Kier alpha value is -2.07. The number of imidazole rings is 1. The third-order valence-corrected chi connectivity index (χ3v) is 2.69. The van der Waals surface area contributed by atoms with Crippen LogP contribution in [0, 0.1) is 0 Å². The number of para-hydroxylation sites is 1. The highest BCUT2D eigenvalue weighted by Gasteiger charge is 2.06. The van der Waals surface area contributed by atoms with E-state index in [1.807, 2.05) is 34.7 Å². The third-order valence-electron chi connectivity index (χ3n) is 2.42. The van der Waals surface area contributed by atoms with Gasteiger partial charge in [0.1, 0.15) is 11.0 Å². The van der Waals surface area contributed by atoms with Crippen LogP contribution in [0.15, 0.2) is 48.9 Å². The van der Waals surface area contributed by atoms with Crippen molar-refractivity contribution in [1.29, 1.82) is 0 Å². The van der Waals surface area contributed by atoms with Crippen molar-refractivity contribution in [3.05, 3.63) is 54.1 Å². The van der Waals surface area contributed by atoms with E-state index in [-0.39, 0.29) is 0 Å². The van der Waals surface area contributed by atoms with Gasteiger partial charge in [0, 0.05) is 5.69 Å². The van der Waals surface area contributed by atoms with Crippen LogP contribution in [0.2, 0.25) is 5.15 Å². The second-order valence-corrected chi connectivity index (χ2v) is 3.95. The molecule has 1 aromatic carbocycles. The van der Waals surface area contributed by atoms with Crippen molar-refractivity contribution < 1.29 is 0 Å². The predicted octanol–water partition coefficient (Wildman–Crippen LogP) is 3.13. The Morgan fingerprint density at radius 2 is 1.88 bits per heavy atom. The van der Waals surface area contributed by atoms with Crippen LogP contribution in [0.3, 0.4) is 0 Å². The van der Waals surface area contributed by atoms with E-state index in [9.17, 15) is 0 Å². The second kappa shape index (κ2) is 4.07. The van der Waals surface area contributed by atoms with Gasteiger partial charge in [-0.1, -0.05) is 29.8 Å². The minimum Gasteiger partial charge on any atom is -0.340 e. The molecule has 0 saturated carbocycles. The SMILES string of the molecule is Clc1cncc2ncc(Nc3ccccc3)n12. The average molecular weight is 245 g/mol. The van der Waals surface area contributed by atoms with Gasteiger partial charge in [0.05, 0.1) is 18.6 Å². The first-order chi connectivity index (χ1) is 8.34. The van der Waals surface area contributed by atoms with Gasteiger partial charge < -0.3 is 5.32 Å². The quantitative estimate of drug-likeness (QED) is 0.753. The van der Waals surface area contributed by atoms with Gasteiger partial charge in [-0.25, -0.2) is 4.98 Å². The molecule has 0 aliphatic heterocycles. The average Bonchev–Trinajstić information content (AvgIpc) is 2.75. The molecule has 0 spiro atoms. The number of fused-ring (bicyclic) bond motifs is 1. The smallest absolute Gasteiger partial charge is 0.158 e. The molecule has 3 aromatic rings. The van der Waals surface area contributed by atoms with Crippen LogP contribution in [-0.2, 0) is 0 Å². The highest BCUT2D eigenvalue weighted by molar-refractivity contribution is 6.29. The van der Waals surface area contributed by atoms with Crippen molar-refractivity contribution in [2.45, 2.75) is 0 Å². The molecule has 0 atom stereocenters. The van der Waals surface area contributed by atoms with Crippen LogP contribution in [0.4, 0.5) is 11.5 Å². The zero-order valence-corrected chi connectivity index (χ0v) is 9.59. The van der Waals surface area contributed by atoms with E-state index in [2.05, 4.69) is 15.3 Å².